The number of nitrogens with zero attached hydrogens (tertiary/aromatic N) is 1. The maximum Gasteiger partial charge on any atom is 0.250 e. The normalized spacial score (nSPS) is 15.1. The number of aromatic nitrogens is 1. The Balaban J connectivity index is 1.42. The number of benzene rings is 2. The maximum atomic E-state index is 13.2. The Bertz CT molecular complexity index is 1070. The molecule has 0 spiro atoms. The Kier molecular flexibility index (Phi) is 6.18. The number of carbonyl (C=O) groups excluding carboxylic acids is 1. The van der Waals surface area contributed by atoms with Crippen LogP contribution in [0.15, 0.2) is 82.2 Å². The van der Waals surface area contributed by atoms with E-state index in [1.165, 1.54) is 0 Å². The van der Waals surface area contributed by atoms with Crippen LogP contribution in [-0.2, 0) is 23.3 Å². The molecule has 1 aliphatic rings. The molecule has 1 heterocycles. The van der Waals surface area contributed by atoms with Gasteiger partial charge in [-0.3, -0.25) is 9.59 Å². The van der Waals surface area contributed by atoms with Gasteiger partial charge in [-0.1, -0.05) is 71.2 Å². The first-order chi connectivity index (χ1) is 14.6. The molecule has 0 saturated heterocycles. The Morgan fingerprint density at radius 1 is 0.933 bits per heavy atom. The molecule has 1 N–H and O–H groups in total. The van der Waals surface area contributed by atoms with Gasteiger partial charge in [0.2, 0.25) is 5.91 Å². The van der Waals surface area contributed by atoms with E-state index in [0.29, 0.717) is 13.1 Å². The molecule has 4 nitrogen and oxygen atoms in total. The molecule has 1 aromatic heterocycles. The molecule has 0 bridgehead atoms. The fourth-order valence-electron chi connectivity index (χ4n) is 4.30. The predicted octanol–water partition coefficient (Wildman–Crippen LogP) is 4.79. The van der Waals surface area contributed by atoms with Gasteiger partial charge in [0, 0.05) is 23.3 Å². The minimum atomic E-state index is -0.422. The van der Waals surface area contributed by atoms with Crippen molar-refractivity contribution in [2.45, 2.75) is 44.2 Å². The SMILES string of the molecule is O=C(NCc1ccc(Cn2ccccc2=O)cc1)C1(c2ccc(Br)cc2)CCCC1. The number of hydrogen-bond donors (Lipinski definition) is 1. The third-order valence-corrected chi connectivity index (χ3v) is 6.55. The zero-order valence-electron chi connectivity index (χ0n) is 16.8. The highest BCUT2D eigenvalue weighted by Gasteiger charge is 2.42. The first-order valence-corrected chi connectivity index (χ1v) is 11.1. The van der Waals surface area contributed by atoms with Gasteiger partial charge in [-0.05, 0) is 47.7 Å². The second-order valence-electron chi connectivity index (χ2n) is 7.96. The lowest BCUT2D eigenvalue weighted by Gasteiger charge is -2.28. The highest BCUT2D eigenvalue weighted by molar-refractivity contribution is 9.10. The largest absolute Gasteiger partial charge is 0.351 e. The lowest BCUT2D eigenvalue weighted by molar-refractivity contribution is -0.126. The summed E-state index contributed by atoms with van der Waals surface area (Å²) in [5, 5.41) is 3.17. The number of halogens is 1. The van der Waals surface area contributed by atoms with Gasteiger partial charge in [0.1, 0.15) is 0 Å². The van der Waals surface area contributed by atoms with Gasteiger partial charge in [-0.2, -0.15) is 0 Å². The zero-order valence-corrected chi connectivity index (χ0v) is 18.4. The summed E-state index contributed by atoms with van der Waals surface area (Å²) >= 11 is 3.48. The molecule has 1 fully saturated rings. The number of rotatable bonds is 6. The van der Waals surface area contributed by atoms with E-state index in [9.17, 15) is 9.59 Å². The Hall–Kier alpha value is -2.66. The van der Waals surface area contributed by atoms with Gasteiger partial charge in [-0.15, -0.1) is 0 Å². The van der Waals surface area contributed by atoms with Gasteiger partial charge >= 0.3 is 0 Å². The summed E-state index contributed by atoms with van der Waals surface area (Å²) in [4.78, 5) is 25.1. The van der Waals surface area contributed by atoms with Crippen molar-refractivity contribution in [3.63, 3.8) is 0 Å². The minimum absolute atomic E-state index is 0.0105. The van der Waals surface area contributed by atoms with Crippen LogP contribution in [0.4, 0.5) is 0 Å². The lowest BCUT2D eigenvalue weighted by atomic mass is 9.78. The van der Waals surface area contributed by atoms with Gasteiger partial charge in [0.15, 0.2) is 0 Å². The summed E-state index contributed by atoms with van der Waals surface area (Å²) in [7, 11) is 0. The molecule has 0 radical (unpaired) electrons. The molecule has 3 aromatic rings. The fraction of sp³-hybridized carbons (Fsp3) is 0.280. The molecule has 0 unspecified atom stereocenters. The molecule has 0 atom stereocenters. The van der Waals surface area contributed by atoms with Crippen LogP contribution < -0.4 is 10.9 Å². The molecule has 2 aromatic carbocycles. The highest BCUT2D eigenvalue weighted by atomic mass is 79.9. The van der Waals surface area contributed by atoms with Gasteiger partial charge in [0.25, 0.3) is 5.56 Å². The number of pyridine rings is 1. The summed E-state index contributed by atoms with van der Waals surface area (Å²) in [6, 6.07) is 21.4. The van der Waals surface area contributed by atoms with E-state index in [4.69, 9.17) is 0 Å². The summed E-state index contributed by atoms with van der Waals surface area (Å²) < 4.78 is 2.71. The van der Waals surface area contributed by atoms with Crippen molar-refractivity contribution in [1.82, 2.24) is 9.88 Å². The number of amides is 1. The Morgan fingerprint density at radius 2 is 1.60 bits per heavy atom. The monoisotopic (exact) mass is 464 g/mol. The van der Waals surface area contributed by atoms with Gasteiger partial charge in [-0.25, -0.2) is 0 Å². The molecule has 5 heteroatoms. The van der Waals surface area contributed by atoms with Gasteiger partial charge < -0.3 is 9.88 Å². The second kappa shape index (κ2) is 9.00. The molecule has 1 aliphatic carbocycles. The van der Waals surface area contributed by atoms with E-state index >= 15 is 0 Å². The van der Waals surface area contributed by atoms with E-state index in [1.807, 2.05) is 42.5 Å². The van der Waals surface area contributed by atoms with Crippen molar-refractivity contribution in [3.8, 4) is 0 Å². The minimum Gasteiger partial charge on any atom is -0.351 e. The molecule has 4 rings (SSSR count). The second-order valence-corrected chi connectivity index (χ2v) is 8.88. The quantitative estimate of drug-likeness (QED) is 0.570. The van der Waals surface area contributed by atoms with Crippen LogP contribution in [0.1, 0.15) is 42.4 Å². The predicted molar refractivity (Wildman–Crippen MR) is 122 cm³/mol. The summed E-state index contributed by atoms with van der Waals surface area (Å²) in [5.41, 5.74) is 2.78. The van der Waals surface area contributed by atoms with Crippen LogP contribution in [0, 0.1) is 0 Å². The van der Waals surface area contributed by atoms with Crippen LogP contribution in [0.25, 0.3) is 0 Å². The third-order valence-electron chi connectivity index (χ3n) is 6.02. The molecule has 0 aliphatic heterocycles. The Morgan fingerprint density at radius 3 is 2.27 bits per heavy atom. The molecule has 1 saturated carbocycles. The summed E-state index contributed by atoms with van der Waals surface area (Å²) in [6.45, 7) is 1.04. The topological polar surface area (TPSA) is 51.1 Å². The molecule has 154 valence electrons. The van der Waals surface area contributed by atoms with Crippen LogP contribution in [0.5, 0.6) is 0 Å². The van der Waals surface area contributed by atoms with Crippen molar-refractivity contribution in [2.24, 2.45) is 0 Å². The van der Waals surface area contributed by atoms with Crippen LogP contribution >= 0.6 is 15.9 Å². The third kappa shape index (κ3) is 4.41. The van der Waals surface area contributed by atoms with E-state index in [0.717, 1.165) is 46.8 Å². The lowest BCUT2D eigenvalue weighted by Crippen LogP contribution is -2.42. The number of carbonyl (C=O) groups is 1. The zero-order chi connectivity index (χ0) is 21.0. The van der Waals surface area contributed by atoms with E-state index < -0.39 is 5.41 Å². The van der Waals surface area contributed by atoms with Crippen molar-refractivity contribution in [2.75, 3.05) is 0 Å². The smallest absolute Gasteiger partial charge is 0.250 e. The van der Waals surface area contributed by atoms with Crippen molar-refractivity contribution < 1.29 is 4.79 Å². The van der Waals surface area contributed by atoms with Crippen LogP contribution in [-0.4, -0.2) is 10.5 Å². The molecular weight excluding hydrogens is 440 g/mol. The van der Waals surface area contributed by atoms with E-state index in [1.54, 1.807) is 22.9 Å². The number of nitrogens with one attached hydrogen (secondary N) is 1. The first-order valence-electron chi connectivity index (χ1n) is 10.3. The van der Waals surface area contributed by atoms with E-state index in [-0.39, 0.29) is 11.5 Å². The van der Waals surface area contributed by atoms with Crippen molar-refractivity contribution in [3.05, 3.63) is 104 Å². The van der Waals surface area contributed by atoms with E-state index in [2.05, 4.69) is 33.4 Å². The van der Waals surface area contributed by atoms with Crippen LogP contribution in [0.3, 0.4) is 0 Å². The summed E-state index contributed by atoms with van der Waals surface area (Å²) in [5.74, 6) is 0.113. The molecule has 1 amide bonds. The molecular formula is C25H25BrN2O2. The van der Waals surface area contributed by atoms with Crippen molar-refractivity contribution >= 4 is 21.8 Å². The highest BCUT2D eigenvalue weighted by Crippen LogP contribution is 2.41. The fourth-order valence-corrected chi connectivity index (χ4v) is 4.56. The first kappa shape index (κ1) is 20.6. The standard InChI is InChI=1S/C25H25BrN2O2/c26-22-12-10-21(11-13-22)25(14-2-3-15-25)24(30)27-17-19-6-8-20(9-7-19)18-28-16-4-1-5-23(28)29/h1,4-13,16H,2-3,14-15,17-18H2,(H,27,30). The summed E-state index contributed by atoms with van der Waals surface area (Å²) in [6.07, 6.45) is 5.74. The van der Waals surface area contributed by atoms with Crippen LogP contribution in [0.2, 0.25) is 0 Å². The average Bonchev–Trinajstić information content (AvgIpc) is 3.26. The molecule has 30 heavy (non-hydrogen) atoms. The van der Waals surface area contributed by atoms with Gasteiger partial charge in [0.05, 0.1) is 12.0 Å². The maximum absolute atomic E-state index is 13.2. The Labute approximate surface area is 185 Å². The average molecular weight is 465 g/mol. The van der Waals surface area contributed by atoms with Crippen molar-refractivity contribution in [1.29, 1.82) is 0 Å². The number of hydrogen-bond acceptors (Lipinski definition) is 2.